The van der Waals surface area contributed by atoms with Crippen LogP contribution in [0.3, 0.4) is 0 Å². The number of thiocarbonyl (C=S) groups is 1. The number of ether oxygens (including phenoxy) is 1. The third-order valence-electron chi connectivity index (χ3n) is 3.97. The van der Waals surface area contributed by atoms with Crippen molar-refractivity contribution in [2.45, 2.75) is 25.7 Å². The molecule has 2 heterocycles. The van der Waals surface area contributed by atoms with Crippen molar-refractivity contribution in [2.75, 3.05) is 12.4 Å². The van der Waals surface area contributed by atoms with E-state index < -0.39 is 0 Å². The topological polar surface area (TPSA) is 67.4 Å². The van der Waals surface area contributed by atoms with Gasteiger partial charge in [0.1, 0.15) is 5.00 Å². The molecule has 2 aromatic heterocycles. The molecule has 0 aromatic carbocycles. The summed E-state index contributed by atoms with van der Waals surface area (Å²) in [6.07, 6.45) is 7.14. The van der Waals surface area contributed by atoms with E-state index in [0.29, 0.717) is 10.6 Å². The third-order valence-corrected chi connectivity index (χ3v) is 6.22. The molecule has 136 valence electrons. The van der Waals surface area contributed by atoms with Gasteiger partial charge in [0.2, 0.25) is 5.91 Å². The highest BCUT2D eigenvalue weighted by atomic mass is 32.1. The molecule has 0 saturated carbocycles. The Morgan fingerprint density at radius 1 is 1.31 bits per heavy atom. The average molecular weight is 407 g/mol. The Morgan fingerprint density at radius 2 is 2.12 bits per heavy atom. The van der Waals surface area contributed by atoms with E-state index in [1.54, 1.807) is 17.4 Å². The SMILES string of the molecule is COC(=O)c1c(NC(=S)NC(=O)C=Cc2cccs2)sc2c1CCCC2. The molecule has 0 spiro atoms. The van der Waals surface area contributed by atoms with Crippen LogP contribution < -0.4 is 10.6 Å². The van der Waals surface area contributed by atoms with Crippen LogP contribution in [-0.4, -0.2) is 24.1 Å². The highest BCUT2D eigenvalue weighted by Gasteiger charge is 2.26. The number of fused-ring (bicyclic) bond motifs is 1. The van der Waals surface area contributed by atoms with Crippen LogP contribution in [-0.2, 0) is 22.4 Å². The maximum absolute atomic E-state index is 12.2. The molecule has 0 aliphatic heterocycles. The van der Waals surface area contributed by atoms with Gasteiger partial charge in [-0.15, -0.1) is 22.7 Å². The first-order chi connectivity index (χ1) is 12.6. The summed E-state index contributed by atoms with van der Waals surface area (Å²) in [6.45, 7) is 0. The fourth-order valence-corrected chi connectivity index (χ4v) is 4.97. The molecule has 0 atom stereocenters. The summed E-state index contributed by atoms with van der Waals surface area (Å²) < 4.78 is 4.93. The number of anilines is 1. The lowest BCUT2D eigenvalue weighted by atomic mass is 9.95. The van der Waals surface area contributed by atoms with Crippen LogP contribution in [0.4, 0.5) is 5.00 Å². The Hall–Kier alpha value is -2.03. The van der Waals surface area contributed by atoms with Crippen LogP contribution in [0.2, 0.25) is 0 Å². The highest BCUT2D eigenvalue weighted by molar-refractivity contribution is 7.80. The molecular formula is C18H18N2O3S3. The van der Waals surface area contributed by atoms with E-state index >= 15 is 0 Å². The molecule has 0 bridgehead atoms. The summed E-state index contributed by atoms with van der Waals surface area (Å²) in [5.41, 5.74) is 1.58. The van der Waals surface area contributed by atoms with E-state index in [1.807, 2.05) is 17.5 Å². The van der Waals surface area contributed by atoms with E-state index in [1.165, 1.54) is 29.4 Å². The molecule has 1 amide bonds. The van der Waals surface area contributed by atoms with Crippen molar-refractivity contribution in [3.8, 4) is 0 Å². The van der Waals surface area contributed by atoms with Gasteiger partial charge >= 0.3 is 5.97 Å². The number of rotatable bonds is 4. The van der Waals surface area contributed by atoms with Gasteiger partial charge in [-0.2, -0.15) is 0 Å². The second-order valence-corrected chi connectivity index (χ2v) is 8.19. The van der Waals surface area contributed by atoms with Gasteiger partial charge in [-0.1, -0.05) is 6.07 Å². The van der Waals surface area contributed by atoms with Gasteiger partial charge < -0.3 is 10.1 Å². The summed E-state index contributed by atoms with van der Waals surface area (Å²) in [5.74, 6) is -0.699. The fourth-order valence-electron chi connectivity index (χ4n) is 2.80. The minimum atomic E-state index is -0.376. The molecular weight excluding hydrogens is 388 g/mol. The number of hydrogen-bond acceptors (Lipinski definition) is 6. The van der Waals surface area contributed by atoms with Gasteiger partial charge in [-0.3, -0.25) is 10.1 Å². The quantitative estimate of drug-likeness (QED) is 0.456. The third kappa shape index (κ3) is 4.38. The largest absolute Gasteiger partial charge is 0.465 e. The van der Waals surface area contributed by atoms with Crippen LogP contribution in [0.25, 0.3) is 6.08 Å². The molecule has 0 radical (unpaired) electrons. The van der Waals surface area contributed by atoms with Gasteiger partial charge in [0.25, 0.3) is 0 Å². The van der Waals surface area contributed by atoms with Crippen molar-refractivity contribution in [1.29, 1.82) is 0 Å². The lowest BCUT2D eigenvalue weighted by Gasteiger charge is -2.12. The van der Waals surface area contributed by atoms with Gasteiger partial charge in [-0.05, 0) is 61.0 Å². The summed E-state index contributed by atoms with van der Waals surface area (Å²) in [4.78, 5) is 26.4. The molecule has 3 rings (SSSR count). The minimum Gasteiger partial charge on any atom is -0.465 e. The van der Waals surface area contributed by atoms with Crippen LogP contribution in [0.1, 0.15) is 38.5 Å². The van der Waals surface area contributed by atoms with Gasteiger partial charge in [0.15, 0.2) is 5.11 Å². The van der Waals surface area contributed by atoms with Crippen LogP contribution in [0, 0.1) is 0 Å². The predicted molar refractivity (Wildman–Crippen MR) is 110 cm³/mol. The zero-order valence-electron chi connectivity index (χ0n) is 14.2. The summed E-state index contributed by atoms with van der Waals surface area (Å²) in [6, 6.07) is 3.84. The van der Waals surface area contributed by atoms with E-state index in [4.69, 9.17) is 17.0 Å². The first-order valence-corrected chi connectivity index (χ1v) is 10.3. The lowest BCUT2D eigenvalue weighted by Crippen LogP contribution is -2.33. The number of esters is 1. The van der Waals surface area contributed by atoms with Gasteiger partial charge in [0.05, 0.1) is 12.7 Å². The molecule has 2 N–H and O–H groups in total. The first kappa shape index (κ1) is 18.8. The zero-order valence-corrected chi connectivity index (χ0v) is 16.6. The van der Waals surface area contributed by atoms with Crippen LogP contribution in [0.15, 0.2) is 23.6 Å². The molecule has 5 nitrogen and oxygen atoms in total. The highest BCUT2D eigenvalue weighted by Crippen LogP contribution is 2.38. The minimum absolute atomic E-state index is 0.162. The van der Waals surface area contributed by atoms with E-state index in [-0.39, 0.29) is 17.0 Å². The number of methoxy groups -OCH3 is 1. The Bertz CT molecular complexity index is 853. The van der Waals surface area contributed by atoms with Crippen molar-refractivity contribution in [3.05, 3.63) is 44.5 Å². The molecule has 8 heteroatoms. The Balaban J connectivity index is 1.70. The molecule has 1 aliphatic rings. The summed E-state index contributed by atoms with van der Waals surface area (Å²) in [5, 5.41) is 8.34. The second-order valence-electron chi connectivity index (χ2n) is 5.70. The standard InChI is InChI=1S/C18H18N2O3S3/c1-23-17(22)15-12-6-2-3-7-13(12)26-16(15)20-18(24)19-14(21)9-8-11-5-4-10-25-11/h4-5,8-10H,2-3,6-7H2,1H3,(H2,19,20,21,24). The van der Waals surface area contributed by atoms with Crippen LogP contribution >= 0.6 is 34.9 Å². The monoisotopic (exact) mass is 406 g/mol. The molecule has 0 saturated heterocycles. The van der Waals surface area contributed by atoms with Gasteiger partial charge in [0, 0.05) is 15.8 Å². The van der Waals surface area contributed by atoms with E-state index in [9.17, 15) is 9.59 Å². The summed E-state index contributed by atoms with van der Waals surface area (Å²) in [7, 11) is 1.37. The average Bonchev–Trinajstić information content (AvgIpc) is 3.26. The van der Waals surface area contributed by atoms with Gasteiger partial charge in [-0.25, -0.2) is 4.79 Å². The number of carbonyl (C=O) groups excluding carboxylic acids is 2. The molecule has 1 aliphatic carbocycles. The van der Waals surface area contributed by atoms with E-state index in [2.05, 4.69) is 10.6 Å². The van der Waals surface area contributed by atoms with Crippen molar-refractivity contribution < 1.29 is 14.3 Å². The molecule has 0 fully saturated rings. The molecule has 26 heavy (non-hydrogen) atoms. The maximum Gasteiger partial charge on any atom is 0.341 e. The smallest absolute Gasteiger partial charge is 0.341 e. The lowest BCUT2D eigenvalue weighted by molar-refractivity contribution is -0.115. The normalized spacial score (nSPS) is 13.3. The van der Waals surface area contributed by atoms with Crippen molar-refractivity contribution in [3.63, 3.8) is 0 Å². The molecule has 2 aromatic rings. The van der Waals surface area contributed by atoms with Crippen molar-refractivity contribution in [2.24, 2.45) is 0 Å². The number of carbonyl (C=O) groups is 2. The Kier molecular flexibility index (Phi) is 6.18. The van der Waals surface area contributed by atoms with Crippen molar-refractivity contribution >= 4 is 63.0 Å². The van der Waals surface area contributed by atoms with E-state index in [0.717, 1.165) is 36.1 Å². The number of aryl methyl sites for hydroxylation is 1. The zero-order chi connectivity index (χ0) is 18.5. The van der Waals surface area contributed by atoms with Crippen molar-refractivity contribution in [1.82, 2.24) is 5.32 Å². The number of nitrogens with one attached hydrogen (secondary N) is 2. The summed E-state index contributed by atoms with van der Waals surface area (Å²) >= 11 is 8.28. The first-order valence-electron chi connectivity index (χ1n) is 8.15. The number of amides is 1. The number of hydrogen-bond donors (Lipinski definition) is 2. The fraction of sp³-hybridized carbons (Fsp3) is 0.278. The molecule has 0 unspecified atom stereocenters. The predicted octanol–water partition coefficient (Wildman–Crippen LogP) is 4.00. The maximum atomic E-state index is 12.2. The number of thiophene rings is 2. The second kappa shape index (κ2) is 8.57. The van der Waals surface area contributed by atoms with Crippen LogP contribution in [0.5, 0.6) is 0 Å². The Labute approximate surface area is 165 Å². The Morgan fingerprint density at radius 3 is 2.85 bits per heavy atom.